The predicted octanol–water partition coefficient (Wildman–Crippen LogP) is 3.37. The van der Waals surface area contributed by atoms with E-state index in [-0.39, 0.29) is 5.91 Å². The molecular weight excluding hydrogens is 374 g/mol. The Hall–Kier alpha value is -2.87. The summed E-state index contributed by atoms with van der Waals surface area (Å²) in [5, 5.41) is 12.2. The summed E-state index contributed by atoms with van der Waals surface area (Å²) in [6.45, 7) is 5.27. The van der Waals surface area contributed by atoms with Crippen molar-refractivity contribution >= 4 is 17.7 Å². The quantitative estimate of drug-likeness (QED) is 0.543. The Kier molecular flexibility index (Phi) is 6.65. The van der Waals surface area contributed by atoms with E-state index in [1.165, 1.54) is 11.8 Å². The van der Waals surface area contributed by atoms with Crippen molar-refractivity contribution in [2.24, 2.45) is 0 Å². The lowest BCUT2D eigenvalue weighted by Crippen LogP contribution is -2.34. The van der Waals surface area contributed by atoms with Crippen molar-refractivity contribution in [3.8, 4) is 11.4 Å². The lowest BCUT2D eigenvalue weighted by atomic mass is 10.1. The number of aromatic nitrogens is 4. The van der Waals surface area contributed by atoms with E-state index in [9.17, 15) is 4.79 Å². The van der Waals surface area contributed by atoms with Crippen LogP contribution >= 0.6 is 11.8 Å². The fourth-order valence-corrected chi connectivity index (χ4v) is 3.91. The standard InChI is InChI=1S/C20H23N5O2S/c1-4-24(5-2)19(26)18(15-9-7-6-8-10-15)28-20-21-22-23-25(20)16-11-13-17(27-3)14-12-16/h6-14,18H,4-5H2,1-3H3/t18-/m1/s1. The number of nitrogens with zero attached hydrogens (tertiary/aromatic N) is 5. The van der Waals surface area contributed by atoms with Crippen molar-refractivity contribution in [2.45, 2.75) is 24.3 Å². The number of carbonyl (C=O) groups excluding carboxylic acids is 1. The van der Waals surface area contributed by atoms with Gasteiger partial charge in [-0.1, -0.05) is 42.1 Å². The number of thioether (sulfide) groups is 1. The van der Waals surface area contributed by atoms with Crippen LogP contribution in [0.2, 0.25) is 0 Å². The van der Waals surface area contributed by atoms with Crippen LogP contribution in [0.4, 0.5) is 0 Å². The molecule has 3 rings (SSSR count). The second kappa shape index (κ2) is 9.36. The molecule has 0 N–H and O–H groups in total. The van der Waals surface area contributed by atoms with E-state index in [1.807, 2.05) is 73.3 Å². The van der Waals surface area contributed by atoms with Gasteiger partial charge in [-0.3, -0.25) is 4.79 Å². The van der Waals surface area contributed by atoms with Crippen LogP contribution in [-0.2, 0) is 4.79 Å². The molecule has 1 atom stereocenters. The van der Waals surface area contributed by atoms with Crippen molar-refractivity contribution in [3.05, 3.63) is 60.2 Å². The van der Waals surface area contributed by atoms with Gasteiger partial charge in [-0.25, -0.2) is 0 Å². The minimum Gasteiger partial charge on any atom is -0.497 e. The Morgan fingerprint density at radius 2 is 1.79 bits per heavy atom. The summed E-state index contributed by atoms with van der Waals surface area (Å²) >= 11 is 1.35. The molecule has 1 amide bonds. The van der Waals surface area contributed by atoms with Crippen LogP contribution in [-0.4, -0.2) is 51.2 Å². The van der Waals surface area contributed by atoms with E-state index < -0.39 is 5.25 Å². The molecule has 0 radical (unpaired) electrons. The molecule has 0 saturated carbocycles. The van der Waals surface area contributed by atoms with Crippen LogP contribution in [0.3, 0.4) is 0 Å². The molecule has 0 aliphatic rings. The van der Waals surface area contributed by atoms with Crippen LogP contribution in [0.1, 0.15) is 24.7 Å². The molecule has 0 aliphatic carbocycles. The minimum atomic E-state index is -0.427. The minimum absolute atomic E-state index is 0.0467. The van der Waals surface area contributed by atoms with E-state index in [1.54, 1.807) is 11.8 Å². The highest BCUT2D eigenvalue weighted by molar-refractivity contribution is 8.00. The highest BCUT2D eigenvalue weighted by Gasteiger charge is 2.28. The second-order valence-electron chi connectivity index (χ2n) is 5.99. The smallest absolute Gasteiger partial charge is 0.240 e. The molecule has 1 aromatic heterocycles. The van der Waals surface area contributed by atoms with Crippen molar-refractivity contribution in [2.75, 3.05) is 20.2 Å². The fourth-order valence-electron chi connectivity index (χ4n) is 2.83. The number of ether oxygens (including phenoxy) is 1. The topological polar surface area (TPSA) is 73.1 Å². The van der Waals surface area contributed by atoms with Crippen molar-refractivity contribution in [3.63, 3.8) is 0 Å². The van der Waals surface area contributed by atoms with E-state index in [2.05, 4.69) is 15.5 Å². The summed E-state index contributed by atoms with van der Waals surface area (Å²) in [6, 6.07) is 17.2. The van der Waals surface area contributed by atoms with Gasteiger partial charge >= 0.3 is 0 Å². The first-order valence-corrected chi connectivity index (χ1v) is 9.99. The molecule has 28 heavy (non-hydrogen) atoms. The average Bonchev–Trinajstić information content (AvgIpc) is 3.21. The molecule has 0 spiro atoms. The van der Waals surface area contributed by atoms with E-state index in [0.717, 1.165) is 17.0 Å². The Morgan fingerprint density at radius 1 is 1.11 bits per heavy atom. The van der Waals surface area contributed by atoms with Gasteiger partial charge in [0.25, 0.3) is 0 Å². The van der Waals surface area contributed by atoms with E-state index in [0.29, 0.717) is 18.2 Å². The van der Waals surface area contributed by atoms with Crippen molar-refractivity contribution in [1.82, 2.24) is 25.1 Å². The van der Waals surface area contributed by atoms with Crippen molar-refractivity contribution < 1.29 is 9.53 Å². The average molecular weight is 398 g/mol. The van der Waals surface area contributed by atoms with Gasteiger partial charge in [0.2, 0.25) is 11.1 Å². The lowest BCUT2D eigenvalue weighted by Gasteiger charge is -2.24. The lowest BCUT2D eigenvalue weighted by molar-refractivity contribution is -0.130. The Labute approximate surface area is 168 Å². The normalized spacial score (nSPS) is 11.8. The van der Waals surface area contributed by atoms with Gasteiger partial charge in [-0.15, -0.1) is 5.10 Å². The van der Waals surface area contributed by atoms with Gasteiger partial charge in [-0.05, 0) is 54.1 Å². The Bertz CT molecular complexity index is 894. The summed E-state index contributed by atoms with van der Waals surface area (Å²) in [5.74, 6) is 0.801. The summed E-state index contributed by atoms with van der Waals surface area (Å²) in [5.41, 5.74) is 1.73. The van der Waals surface area contributed by atoms with Crippen molar-refractivity contribution in [1.29, 1.82) is 0 Å². The predicted molar refractivity (Wildman–Crippen MR) is 109 cm³/mol. The van der Waals surface area contributed by atoms with Gasteiger partial charge < -0.3 is 9.64 Å². The molecule has 0 saturated heterocycles. The number of tetrazole rings is 1. The van der Waals surface area contributed by atoms with Gasteiger partial charge in [0.05, 0.1) is 12.8 Å². The molecule has 0 bridgehead atoms. The van der Waals surface area contributed by atoms with Crippen LogP contribution in [0.25, 0.3) is 5.69 Å². The molecule has 8 heteroatoms. The first-order valence-electron chi connectivity index (χ1n) is 9.11. The first kappa shape index (κ1) is 19.9. The van der Waals surface area contributed by atoms with E-state index in [4.69, 9.17) is 4.74 Å². The van der Waals surface area contributed by atoms with Gasteiger partial charge in [0.15, 0.2) is 0 Å². The maximum atomic E-state index is 13.2. The van der Waals surface area contributed by atoms with Gasteiger partial charge in [-0.2, -0.15) is 4.68 Å². The summed E-state index contributed by atoms with van der Waals surface area (Å²) in [6.07, 6.45) is 0. The van der Waals surface area contributed by atoms with Gasteiger partial charge in [0.1, 0.15) is 11.0 Å². The van der Waals surface area contributed by atoms with Crippen LogP contribution in [0, 0.1) is 0 Å². The number of benzene rings is 2. The van der Waals surface area contributed by atoms with Crippen LogP contribution in [0.15, 0.2) is 59.8 Å². The second-order valence-corrected chi connectivity index (χ2v) is 7.06. The molecule has 0 fully saturated rings. The molecule has 0 unspecified atom stereocenters. The molecule has 3 aromatic rings. The molecule has 1 heterocycles. The van der Waals surface area contributed by atoms with Crippen LogP contribution < -0.4 is 4.74 Å². The zero-order chi connectivity index (χ0) is 19.9. The van der Waals surface area contributed by atoms with Gasteiger partial charge in [0, 0.05) is 13.1 Å². The SMILES string of the molecule is CCN(CC)C(=O)[C@H](Sc1nnnn1-c1ccc(OC)cc1)c1ccccc1. The fraction of sp³-hybridized carbons (Fsp3) is 0.300. The highest BCUT2D eigenvalue weighted by Crippen LogP contribution is 2.36. The number of hydrogen-bond acceptors (Lipinski definition) is 6. The monoisotopic (exact) mass is 397 g/mol. The summed E-state index contributed by atoms with van der Waals surface area (Å²) in [4.78, 5) is 15.0. The molecule has 7 nitrogen and oxygen atoms in total. The number of amides is 1. The summed E-state index contributed by atoms with van der Waals surface area (Å²) in [7, 11) is 1.62. The van der Waals surface area contributed by atoms with E-state index >= 15 is 0 Å². The zero-order valence-electron chi connectivity index (χ0n) is 16.1. The third-order valence-electron chi connectivity index (χ3n) is 4.38. The Balaban J connectivity index is 1.93. The number of hydrogen-bond donors (Lipinski definition) is 0. The number of methoxy groups -OCH3 is 1. The zero-order valence-corrected chi connectivity index (χ0v) is 17.0. The molecule has 146 valence electrons. The maximum absolute atomic E-state index is 13.2. The third-order valence-corrected chi connectivity index (χ3v) is 5.56. The molecule has 0 aliphatic heterocycles. The number of rotatable bonds is 8. The third kappa shape index (κ3) is 4.33. The number of likely N-dealkylation sites (N-methyl/N-ethyl adjacent to an activating group) is 1. The summed E-state index contributed by atoms with van der Waals surface area (Å²) < 4.78 is 6.84. The Morgan fingerprint density at radius 3 is 2.39 bits per heavy atom. The number of carbonyl (C=O) groups is 1. The largest absolute Gasteiger partial charge is 0.497 e. The molecular formula is C20H23N5O2S. The van der Waals surface area contributed by atoms with Crippen LogP contribution in [0.5, 0.6) is 5.75 Å². The maximum Gasteiger partial charge on any atom is 0.240 e. The molecule has 2 aromatic carbocycles. The first-order chi connectivity index (χ1) is 13.7. The highest BCUT2D eigenvalue weighted by atomic mass is 32.2.